The zero-order valence-corrected chi connectivity index (χ0v) is 22.4. The summed E-state index contributed by atoms with van der Waals surface area (Å²) in [4.78, 5) is 38.7. The van der Waals surface area contributed by atoms with Crippen LogP contribution in [0.15, 0.2) is 42.5 Å². The fourth-order valence-corrected chi connectivity index (χ4v) is 5.30. The van der Waals surface area contributed by atoms with E-state index in [1.165, 1.54) is 6.42 Å². The Morgan fingerprint density at radius 2 is 1.81 bits per heavy atom. The van der Waals surface area contributed by atoms with Crippen molar-refractivity contribution in [3.05, 3.63) is 64.3 Å². The highest BCUT2D eigenvalue weighted by Gasteiger charge is 2.28. The van der Waals surface area contributed by atoms with Gasteiger partial charge >= 0.3 is 5.97 Å². The maximum absolute atomic E-state index is 13.4. The molecule has 0 spiro atoms. The highest BCUT2D eigenvalue weighted by Crippen LogP contribution is 2.31. The third kappa shape index (κ3) is 5.82. The number of esters is 1. The number of carbonyl (C=O) groups excluding carboxylic acids is 3. The number of rotatable bonds is 7. The summed E-state index contributed by atoms with van der Waals surface area (Å²) in [5, 5.41) is 4.28. The molecule has 1 aliphatic carbocycles. The summed E-state index contributed by atoms with van der Waals surface area (Å²) in [6.07, 6.45) is 3.10. The topological polar surface area (TPSA) is 86.6 Å². The van der Waals surface area contributed by atoms with Crippen LogP contribution in [0.2, 0.25) is 5.02 Å². The molecule has 0 saturated heterocycles. The van der Waals surface area contributed by atoms with Gasteiger partial charge in [-0.3, -0.25) is 19.0 Å². The standard InChI is InChI=1S/C29H33ClN2O5/c1-17-6-5-7-25(18(17)2)31-27(33)16-37-28(34)15-23-19(3)32(26-13-12-22(36-4)14-24(23)26)29(35)20-8-10-21(30)11-9-20/h8-14,17-18,25H,5-7,15-16H2,1-4H3,(H,31,33)/t17-,18+,25+/m1/s1. The molecule has 0 aliphatic heterocycles. The van der Waals surface area contributed by atoms with Gasteiger partial charge in [-0.2, -0.15) is 0 Å². The zero-order chi connectivity index (χ0) is 26.7. The van der Waals surface area contributed by atoms with Crippen LogP contribution in [0.25, 0.3) is 10.9 Å². The third-order valence-corrected chi connectivity index (χ3v) is 7.83. The molecule has 1 saturated carbocycles. The lowest BCUT2D eigenvalue weighted by atomic mass is 9.78. The number of aromatic nitrogens is 1. The molecule has 7 nitrogen and oxygen atoms in total. The summed E-state index contributed by atoms with van der Waals surface area (Å²) in [7, 11) is 1.56. The van der Waals surface area contributed by atoms with E-state index in [1.807, 2.05) is 0 Å². The van der Waals surface area contributed by atoms with Crippen LogP contribution in [0.5, 0.6) is 5.75 Å². The van der Waals surface area contributed by atoms with Crippen molar-refractivity contribution in [3.63, 3.8) is 0 Å². The zero-order valence-electron chi connectivity index (χ0n) is 21.7. The second-order valence-electron chi connectivity index (χ2n) is 9.87. The number of hydrogen-bond acceptors (Lipinski definition) is 5. The van der Waals surface area contributed by atoms with Crippen molar-refractivity contribution in [2.24, 2.45) is 11.8 Å². The number of benzene rings is 2. The Kier molecular flexibility index (Phi) is 8.22. The summed E-state index contributed by atoms with van der Waals surface area (Å²) < 4.78 is 12.3. The summed E-state index contributed by atoms with van der Waals surface area (Å²) in [6, 6.07) is 12.1. The van der Waals surface area contributed by atoms with E-state index in [0.29, 0.717) is 50.3 Å². The summed E-state index contributed by atoms with van der Waals surface area (Å²) >= 11 is 5.99. The number of fused-ring (bicyclic) bond motifs is 1. The van der Waals surface area contributed by atoms with E-state index in [2.05, 4.69) is 19.2 Å². The van der Waals surface area contributed by atoms with Crippen molar-refractivity contribution >= 4 is 40.3 Å². The molecule has 0 radical (unpaired) electrons. The van der Waals surface area contributed by atoms with Gasteiger partial charge in [0.1, 0.15) is 5.75 Å². The Bertz CT molecular complexity index is 1310. The molecule has 1 N–H and O–H groups in total. The minimum Gasteiger partial charge on any atom is -0.497 e. The van der Waals surface area contributed by atoms with E-state index in [4.69, 9.17) is 21.1 Å². The molecular formula is C29H33ClN2O5. The van der Waals surface area contributed by atoms with Crippen molar-refractivity contribution < 1.29 is 23.9 Å². The number of hydrogen-bond donors (Lipinski definition) is 1. The fourth-order valence-electron chi connectivity index (χ4n) is 5.17. The maximum Gasteiger partial charge on any atom is 0.310 e. The van der Waals surface area contributed by atoms with Crippen LogP contribution < -0.4 is 10.1 Å². The molecule has 3 aromatic rings. The minimum atomic E-state index is -0.538. The predicted molar refractivity (Wildman–Crippen MR) is 143 cm³/mol. The lowest BCUT2D eigenvalue weighted by Gasteiger charge is -2.34. The molecule has 2 aromatic carbocycles. The number of nitrogens with zero attached hydrogens (tertiary/aromatic N) is 1. The molecule has 0 unspecified atom stereocenters. The van der Waals surface area contributed by atoms with E-state index < -0.39 is 5.97 Å². The Labute approximate surface area is 222 Å². The molecule has 1 aromatic heterocycles. The van der Waals surface area contributed by atoms with Gasteiger partial charge in [0, 0.05) is 27.7 Å². The highest BCUT2D eigenvalue weighted by molar-refractivity contribution is 6.30. The smallest absolute Gasteiger partial charge is 0.310 e. The van der Waals surface area contributed by atoms with Gasteiger partial charge in [-0.15, -0.1) is 0 Å². The molecule has 3 atom stereocenters. The monoisotopic (exact) mass is 524 g/mol. The maximum atomic E-state index is 13.4. The van der Waals surface area contributed by atoms with Crippen LogP contribution in [0.4, 0.5) is 0 Å². The molecule has 1 aliphatic rings. The van der Waals surface area contributed by atoms with Crippen LogP contribution in [0, 0.1) is 18.8 Å². The quantitative estimate of drug-likeness (QED) is 0.422. The second kappa shape index (κ2) is 11.4. The molecule has 0 bridgehead atoms. The number of ether oxygens (including phenoxy) is 2. The summed E-state index contributed by atoms with van der Waals surface area (Å²) in [5.41, 5.74) is 2.39. The third-order valence-electron chi connectivity index (χ3n) is 7.57. The van der Waals surface area contributed by atoms with Crippen LogP contribution in [-0.4, -0.2) is 42.1 Å². The predicted octanol–water partition coefficient (Wildman–Crippen LogP) is 5.33. The van der Waals surface area contributed by atoms with Gasteiger partial charge in [-0.05, 0) is 73.2 Å². The van der Waals surface area contributed by atoms with Crippen molar-refractivity contribution in [3.8, 4) is 5.75 Å². The number of methoxy groups -OCH3 is 1. The highest BCUT2D eigenvalue weighted by atomic mass is 35.5. The van der Waals surface area contributed by atoms with E-state index in [0.717, 1.165) is 12.8 Å². The van der Waals surface area contributed by atoms with Gasteiger partial charge in [0.2, 0.25) is 0 Å². The van der Waals surface area contributed by atoms with Crippen molar-refractivity contribution in [2.45, 2.75) is 52.5 Å². The van der Waals surface area contributed by atoms with Crippen LogP contribution in [0.3, 0.4) is 0 Å². The average molecular weight is 525 g/mol. The van der Waals surface area contributed by atoms with E-state index in [9.17, 15) is 14.4 Å². The minimum absolute atomic E-state index is 0.0828. The Morgan fingerprint density at radius 3 is 2.51 bits per heavy atom. The first-order valence-electron chi connectivity index (χ1n) is 12.6. The summed E-state index contributed by atoms with van der Waals surface area (Å²) in [6.45, 7) is 5.82. The Balaban J connectivity index is 1.52. The van der Waals surface area contributed by atoms with Crippen LogP contribution in [-0.2, 0) is 20.7 Å². The summed E-state index contributed by atoms with van der Waals surface area (Å²) in [5.74, 6) is 0.472. The van der Waals surface area contributed by atoms with Gasteiger partial charge in [-0.25, -0.2) is 0 Å². The Morgan fingerprint density at radius 1 is 1.08 bits per heavy atom. The molecule has 1 fully saturated rings. The normalized spacial score (nSPS) is 19.4. The SMILES string of the molecule is COc1ccc2c(c1)c(CC(=O)OCC(=O)N[C@H]1CCC[C@@H](C)[C@@H]1C)c(C)n2C(=O)c1ccc(Cl)cc1. The molecule has 4 rings (SSSR count). The van der Waals surface area contributed by atoms with E-state index in [1.54, 1.807) is 61.1 Å². The number of halogens is 1. The fraction of sp³-hybridized carbons (Fsp3) is 0.414. The van der Waals surface area contributed by atoms with Gasteiger partial charge in [0.25, 0.3) is 11.8 Å². The van der Waals surface area contributed by atoms with Gasteiger partial charge in [-0.1, -0.05) is 38.3 Å². The average Bonchev–Trinajstić information content (AvgIpc) is 3.15. The molecule has 8 heteroatoms. The molecule has 196 valence electrons. The lowest BCUT2D eigenvalue weighted by molar-refractivity contribution is -0.148. The van der Waals surface area contributed by atoms with E-state index in [-0.39, 0.29) is 30.9 Å². The first-order valence-corrected chi connectivity index (χ1v) is 13.0. The molecule has 37 heavy (non-hydrogen) atoms. The van der Waals surface area contributed by atoms with Crippen molar-refractivity contribution in [1.82, 2.24) is 9.88 Å². The van der Waals surface area contributed by atoms with Crippen molar-refractivity contribution in [2.75, 3.05) is 13.7 Å². The molecule has 1 heterocycles. The number of amides is 1. The first-order chi connectivity index (χ1) is 17.7. The lowest BCUT2D eigenvalue weighted by Crippen LogP contribution is -2.45. The number of nitrogens with one attached hydrogen (secondary N) is 1. The largest absolute Gasteiger partial charge is 0.497 e. The van der Waals surface area contributed by atoms with Crippen LogP contribution >= 0.6 is 11.6 Å². The van der Waals surface area contributed by atoms with Gasteiger partial charge in [0.15, 0.2) is 6.61 Å². The first kappa shape index (κ1) is 26.7. The van der Waals surface area contributed by atoms with Gasteiger partial charge < -0.3 is 14.8 Å². The van der Waals surface area contributed by atoms with Crippen molar-refractivity contribution in [1.29, 1.82) is 0 Å². The number of carbonyl (C=O) groups is 3. The van der Waals surface area contributed by atoms with Gasteiger partial charge in [0.05, 0.1) is 19.0 Å². The Hall–Kier alpha value is -3.32. The second-order valence-corrected chi connectivity index (χ2v) is 10.3. The molecule has 1 amide bonds. The van der Waals surface area contributed by atoms with Crippen LogP contribution in [0.1, 0.15) is 54.7 Å². The van der Waals surface area contributed by atoms with E-state index >= 15 is 0 Å². The molecular weight excluding hydrogens is 492 g/mol.